The largest absolute Gasteiger partial charge is 0.462 e. The van der Waals surface area contributed by atoms with E-state index in [0.717, 1.165) is 14.6 Å². The number of rotatable bonds is 7. The van der Waals surface area contributed by atoms with E-state index in [1.165, 1.54) is 11.8 Å². The van der Waals surface area contributed by atoms with E-state index in [0.29, 0.717) is 28.3 Å². The van der Waals surface area contributed by atoms with Gasteiger partial charge in [-0.25, -0.2) is 14.6 Å². The average molecular weight is 405 g/mol. The zero-order valence-electron chi connectivity index (χ0n) is 15.3. The predicted octanol–water partition coefficient (Wildman–Crippen LogP) is 4.58. The van der Waals surface area contributed by atoms with Gasteiger partial charge in [-0.15, -0.1) is 11.3 Å². The number of fused-ring (bicyclic) bond motifs is 1. The van der Waals surface area contributed by atoms with Crippen LogP contribution in [0.2, 0.25) is 0 Å². The molecule has 0 fully saturated rings. The molecule has 0 aliphatic carbocycles. The van der Waals surface area contributed by atoms with Crippen molar-refractivity contribution in [3.8, 4) is 0 Å². The molecule has 3 aromatic rings. The van der Waals surface area contributed by atoms with Crippen LogP contribution in [0.4, 0.5) is 0 Å². The van der Waals surface area contributed by atoms with Gasteiger partial charge in [0.25, 0.3) is 0 Å². The number of thiazole rings is 1. The van der Waals surface area contributed by atoms with Gasteiger partial charge < -0.3 is 14.5 Å². The van der Waals surface area contributed by atoms with Crippen LogP contribution in [0, 0.1) is 6.92 Å². The number of benzene rings is 1. The maximum Gasteiger partial charge on any atom is 0.355 e. The summed E-state index contributed by atoms with van der Waals surface area (Å²) in [5.74, 6) is -0.452. The van der Waals surface area contributed by atoms with E-state index in [2.05, 4.69) is 9.97 Å². The van der Waals surface area contributed by atoms with Gasteiger partial charge in [0.05, 0.1) is 29.0 Å². The Balaban J connectivity index is 1.88. The second-order valence-corrected chi connectivity index (χ2v) is 7.91. The third-order valence-corrected chi connectivity index (χ3v) is 6.11. The fourth-order valence-electron chi connectivity index (χ4n) is 2.70. The lowest BCUT2D eigenvalue weighted by atomic mass is 10.1. The minimum atomic E-state index is -0.475. The first kappa shape index (κ1) is 19.4. The molecule has 0 unspecified atom stereocenters. The molecular formula is C19H20N2O4S2. The van der Waals surface area contributed by atoms with Gasteiger partial charge in [-0.2, -0.15) is 0 Å². The van der Waals surface area contributed by atoms with Crippen LogP contribution in [0.5, 0.6) is 0 Å². The molecule has 1 N–H and O–H groups in total. The van der Waals surface area contributed by atoms with Crippen molar-refractivity contribution >= 4 is 45.3 Å². The summed E-state index contributed by atoms with van der Waals surface area (Å²) < 4.78 is 12.3. The number of thioether (sulfide) groups is 1. The van der Waals surface area contributed by atoms with Gasteiger partial charge in [0.2, 0.25) is 0 Å². The second-order valence-electron chi connectivity index (χ2n) is 5.66. The first-order chi connectivity index (χ1) is 13.0. The fraction of sp³-hybridized carbons (Fsp3) is 0.316. The summed E-state index contributed by atoms with van der Waals surface area (Å²) in [7, 11) is 0. The first-order valence-corrected chi connectivity index (χ1v) is 10.4. The van der Waals surface area contributed by atoms with Crippen LogP contribution in [0.15, 0.2) is 28.6 Å². The topological polar surface area (TPSA) is 81.3 Å². The highest BCUT2D eigenvalue weighted by Gasteiger charge is 2.25. The third-order valence-electron chi connectivity index (χ3n) is 3.90. The first-order valence-electron chi connectivity index (χ1n) is 8.59. The highest BCUT2D eigenvalue weighted by atomic mass is 32.2. The van der Waals surface area contributed by atoms with Crippen molar-refractivity contribution in [1.29, 1.82) is 0 Å². The molecule has 3 rings (SSSR count). The summed E-state index contributed by atoms with van der Waals surface area (Å²) in [4.78, 5) is 32.2. The number of esters is 2. The van der Waals surface area contributed by atoms with Gasteiger partial charge >= 0.3 is 11.9 Å². The van der Waals surface area contributed by atoms with E-state index >= 15 is 0 Å². The smallest absolute Gasteiger partial charge is 0.355 e. The molecule has 0 saturated carbocycles. The van der Waals surface area contributed by atoms with Gasteiger partial charge in [-0.05, 0) is 38.5 Å². The normalized spacial score (nSPS) is 10.9. The Bertz CT molecular complexity index is 944. The zero-order chi connectivity index (χ0) is 19.4. The number of ether oxygens (including phenoxy) is 2. The minimum Gasteiger partial charge on any atom is -0.462 e. The number of nitrogens with zero attached hydrogens (tertiary/aromatic N) is 1. The van der Waals surface area contributed by atoms with Crippen molar-refractivity contribution in [1.82, 2.24) is 9.97 Å². The van der Waals surface area contributed by atoms with E-state index < -0.39 is 11.9 Å². The summed E-state index contributed by atoms with van der Waals surface area (Å²) in [6.45, 7) is 5.75. The molecule has 27 heavy (non-hydrogen) atoms. The van der Waals surface area contributed by atoms with Crippen LogP contribution in [0.25, 0.3) is 10.2 Å². The molecule has 2 aromatic heterocycles. The number of hydrogen-bond donors (Lipinski definition) is 1. The van der Waals surface area contributed by atoms with Crippen LogP contribution in [0.3, 0.4) is 0 Å². The lowest BCUT2D eigenvalue weighted by molar-refractivity contribution is 0.0518. The Hall–Kier alpha value is -2.32. The lowest BCUT2D eigenvalue weighted by Gasteiger charge is -2.04. The maximum absolute atomic E-state index is 12.4. The van der Waals surface area contributed by atoms with Crippen LogP contribution in [-0.2, 0) is 15.2 Å². The average Bonchev–Trinajstić information content (AvgIpc) is 3.20. The highest BCUT2D eigenvalue weighted by molar-refractivity contribution is 8.00. The number of nitrogens with one attached hydrogen (secondary N) is 1. The van der Waals surface area contributed by atoms with Crippen LogP contribution in [-0.4, -0.2) is 35.1 Å². The molecule has 0 aliphatic rings. The molecule has 0 spiro atoms. The van der Waals surface area contributed by atoms with Crippen LogP contribution < -0.4 is 0 Å². The Labute approximate surface area is 165 Å². The number of aromatic amines is 1. The molecule has 1 aromatic carbocycles. The van der Waals surface area contributed by atoms with Gasteiger partial charge in [0.1, 0.15) is 5.69 Å². The van der Waals surface area contributed by atoms with E-state index in [1.54, 1.807) is 32.1 Å². The third kappa shape index (κ3) is 4.17. The van der Waals surface area contributed by atoms with Crippen molar-refractivity contribution < 1.29 is 19.1 Å². The zero-order valence-corrected chi connectivity index (χ0v) is 17.0. The Morgan fingerprint density at radius 2 is 1.85 bits per heavy atom. The van der Waals surface area contributed by atoms with Crippen LogP contribution in [0.1, 0.15) is 46.0 Å². The summed E-state index contributed by atoms with van der Waals surface area (Å²) >= 11 is 3.11. The summed E-state index contributed by atoms with van der Waals surface area (Å²) in [5, 5.41) is 0. The molecular weight excluding hydrogens is 384 g/mol. The molecule has 8 heteroatoms. The predicted molar refractivity (Wildman–Crippen MR) is 107 cm³/mol. The number of hydrogen-bond acceptors (Lipinski definition) is 7. The summed E-state index contributed by atoms with van der Waals surface area (Å²) in [6, 6.07) is 7.93. The lowest BCUT2D eigenvalue weighted by Crippen LogP contribution is -2.09. The second kappa shape index (κ2) is 8.58. The molecule has 6 nitrogen and oxygen atoms in total. The van der Waals surface area contributed by atoms with E-state index in [1.807, 2.05) is 24.3 Å². The molecule has 0 atom stereocenters. The molecule has 142 valence electrons. The van der Waals surface area contributed by atoms with Gasteiger partial charge in [-0.1, -0.05) is 23.9 Å². The Kier molecular flexibility index (Phi) is 6.18. The summed E-state index contributed by atoms with van der Waals surface area (Å²) in [5.41, 5.74) is 2.82. The Morgan fingerprint density at radius 1 is 1.15 bits per heavy atom. The van der Waals surface area contributed by atoms with Crippen molar-refractivity contribution in [3.05, 3.63) is 46.8 Å². The van der Waals surface area contributed by atoms with Crippen molar-refractivity contribution in [2.75, 3.05) is 13.2 Å². The number of carbonyl (C=O) groups excluding carboxylic acids is 2. The van der Waals surface area contributed by atoms with Crippen molar-refractivity contribution in [2.24, 2.45) is 0 Å². The molecule has 0 radical (unpaired) electrons. The van der Waals surface area contributed by atoms with E-state index in [-0.39, 0.29) is 13.2 Å². The number of para-hydroxylation sites is 1. The van der Waals surface area contributed by atoms with Gasteiger partial charge in [-0.3, -0.25) is 0 Å². The molecule has 0 bridgehead atoms. The standard InChI is InChI=1S/C19H20N2O4S2/c1-4-24-17(22)15-11(3)16(18(23)25-5-2)20-13(15)10-26-19-21-12-8-6-7-9-14(12)27-19/h6-9,20H,4-5,10H2,1-3H3. The SMILES string of the molecule is CCOC(=O)c1[nH]c(CSc2nc3ccccc3s2)c(C(=O)OCC)c1C. The fourth-order valence-corrected chi connectivity index (χ4v) is 4.73. The van der Waals surface area contributed by atoms with Crippen molar-refractivity contribution in [2.45, 2.75) is 30.9 Å². The molecule has 0 amide bonds. The molecule has 2 heterocycles. The van der Waals surface area contributed by atoms with Gasteiger partial charge in [0, 0.05) is 11.4 Å². The van der Waals surface area contributed by atoms with E-state index in [9.17, 15) is 9.59 Å². The van der Waals surface area contributed by atoms with Gasteiger partial charge in [0.15, 0.2) is 4.34 Å². The number of H-pyrrole nitrogens is 1. The van der Waals surface area contributed by atoms with E-state index in [4.69, 9.17) is 9.47 Å². The number of carbonyl (C=O) groups is 2. The van der Waals surface area contributed by atoms with Crippen molar-refractivity contribution in [3.63, 3.8) is 0 Å². The maximum atomic E-state index is 12.4. The highest BCUT2D eigenvalue weighted by Crippen LogP contribution is 2.33. The Morgan fingerprint density at radius 3 is 2.56 bits per heavy atom. The molecule has 0 aliphatic heterocycles. The quantitative estimate of drug-likeness (QED) is 0.459. The molecule has 0 saturated heterocycles. The van der Waals surface area contributed by atoms with Crippen LogP contribution >= 0.6 is 23.1 Å². The monoisotopic (exact) mass is 404 g/mol. The summed E-state index contributed by atoms with van der Waals surface area (Å²) in [6.07, 6.45) is 0. The number of aromatic nitrogens is 2. The minimum absolute atomic E-state index is 0.266.